The number of piperidine rings is 2. The lowest BCUT2D eigenvalue weighted by molar-refractivity contribution is -0.927. The molecular formula is C39H47F3N5O2+. The lowest BCUT2D eigenvalue weighted by Gasteiger charge is -2.41. The van der Waals surface area contributed by atoms with Gasteiger partial charge in [0.1, 0.15) is 18.4 Å². The van der Waals surface area contributed by atoms with Crippen LogP contribution in [0, 0.1) is 5.92 Å². The van der Waals surface area contributed by atoms with Crippen LogP contribution in [0.1, 0.15) is 61.8 Å². The van der Waals surface area contributed by atoms with Crippen LogP contribution in [0.3, 0.4) is 0 Å². The second-order valence-electron chi connectivity index (χ2n) is 14.6. The average molecular weight is 675 g/mol. The van der Waals surface area contributed by atoms with Crippen molar-refractivity contribution in [2.45, 2.75) is 69.9 Å². The van der Waals surface area contributed by atoms with Gasteiger partial charge in [0.25, 0.3) is 0 Å². The van der Waals surface area contributed by atoms with Gasteiger partial charge in [-0.05, 0) is 48.2 Å². The van der Waals surface area contributed by atoms with Crippen molar-refractivity contribution in [3.63, 3.8) is 0 Å². The molecule has 2 unspecified atom stereocenters. The van der Waals surface area contributed by atoms with Gasteiger partial charge < -0.3 is 29.7 Å². The average Bonchev–Trinajstić information content (AvgIpc) is 3.95. The van der Waals surface area contributed by atoms with Crippen molar-refractivity contribution < 1.29 is 27.2 Å². The fraction of sp³-hybridized carbons (Fsp3) is 0.462. The SMILES string of the molecule is CC1CC=C2C=C(OC3CCN(c4ccc(C(F)(F)F)cc4)CC3)C=CN2C=C1C(=O)NC1CC[N+](C)(Cc2ccc(C3CN3)cc2)CC1. The first kappa shape index (κ1) is 33.5. The summed E-state index contributed by atoms with van der Waals surface area (Å²) < 4.78 is 46.2. The number of amides is 1. The number of halogens is 3. The van der Waals surface area contributed by atoms with Gasteiger partial charge in [0.05, 0.1) is 25.7 Å². The monoisotopic (exact) mass is 674 g/mol. The van der Waals surface area contributed by atoms with Gasteiger partial charge in [0.2, 0.25) is 5.91 Å². The molecular weight excluding hydrogens is 627 g/mol. The minimum Gasteiger partial charge on any atom is -0.490 e. The van der Waals surface area contributed by atoms with Crippen LogP contribution in [-0.4, -0.2) is 67.2 Å². The fourth-order valence-electron chi connectivity index (χ4n) is 7.49. The van der Waals surface area contributed by atoms with Crippen LogP contribution in [0.25, 0.3) is 0 Å². The van der Waals surface area contributed by atoms with E-state index in [9.17, 15) is 18.0 Å². The molecule has 0 spiro atoms. The van der Waals surface area contributed by atoms with Crippen LogP contribution < -0.4 is 15.5 Å². The van der Waals surface area contributed by atoms with Crippen LogP contribution in [0.5, 0.6) is 0 Å². The number of ether oxygens (including phenoxy) is 1. The van der Waals surface area contributed by atoms with Gasteiger partial charge in [-0.25, -0.2) is 0 Å². The first-order valence-electron chi connectivity index (χ1n) is 17.7. The number of likely N-dealkylation sites (tertiary alicyclic amines) is 1. The molecule has 2 aromatic rings. The van der Waals surface area contributed by atoms with Gasteiger partial charge in [-0.2, -0.15) is 13.2 Å². The summed E-state index contributed by atoms with van der Waals surface area (Å²) in [6.45, 7) is 7.70. The highest BCUT2D eigenvalue weighted by Gasteiger charge is 2.33. The summed E-state index contributed by atoms with van der Waals surface area (Å²) in [5.41, 5.74) is 4.69. The number of carbonyl (C=O) groups excluding carboxylic acids is 1. The van der Waals surface area contributed by atoms with E-state index >= 15 is 0 Å². The summed E-state index contributed by atoms with van der Waals surface area (Å²) in [6, 6.07) is 15.1. The maximum absolute atomic E-state index is 13.6. The Labute approximate surface area is 287 Å². The lowest BCUT2D eigenvalue weighted by Crippen LogP contribution is -2.53. The fourth-order valence-corrected chi connectivity index (χ4v) is 7.49. The number of rotatable bonds is 8. The molecule has 5 aliphatic heterocycles. The van der Waals surface area contributed by atoms with Crippen molar-refractivity contribution in [1.82, 2.24) is 15.5 Å². The van der Waals surface area contributed by atoms with Gasteiger partial charge in [-0.3, -0.25) is 4.79 Å². The predicted octanol–water partition coefficient (Wildman–Crippen LogP) is 6.78. The van der Waals surface area contributed by atoms with E-state index in [1.54, 1.807) is 12.1 Å². The van der Waals surface area contributed by atoms with Crippen molar-refractivity contribution in [2.24, 2.45) is 5.92 Å². The van der Waals surface area contributed by atoms with E-state index in [2.05, 4.69) is 59.8 Å². The molecule has 2 N–H and O–H groups in total. The van der Waals surface area contributed by atoms with E-state index in [0.717, 1.165) is 97.6 Å². The number of alkyl halides is 3. The summed E-state index contributed by atoms with van der Waals surface area (Å²) >= 11 is 0. The highest BCUT2D eigenvalue weighted by atomic mass is 19.4. The summed E-state index contributed by atoms with van der Waals surface area (Å²) in [6.07, 6.45) is 10.0. The van der Waals surface area contributed by atoms with E-state index in [-0.39, 0.29) is 24.0 Å². The predicted molar refractivity (Wildman–Crippen MR) is 185 cm³/mol. The van der Waals surface area contributed by atoms with E-state index in [4.69, 9.17) is 4.74 Å². The Hall–Kier alpha value is -4.02. The Morgan fingerprint density at radius 1 is 1.02 bits per heavy atom. The summed E-state index contributed by atoms with van der Waals surface area (Å²) in [5, 5.41) is 6.73. The van der Waals surface area contributed by atoms with Crippen molar-refractivity contribution in [1.29, 1.82) is 0 Å². The Kier molecular flexibility index (Phi) is 9.37. The summed E-state index contributed by atoms with van der Waals surface area (Å²) in [4.78, 5) is 17.7. The Bertz CT molecular complexity index is 1630. The molecule has 3 saturated heterocycles. The van der Waals surface area contributed by atoms with Crippen LogP contribution in [0.15, 0.2) is 96.2 Å². The second-order valence-corrected chi connectivity index (χ2v) is 14.6. The molecule has 0 saturated carbocycles. The number of hydrogen-bond acceptors (Lipinski definition) is 5. The third kappa shape index (κ3) is 8.07. The first-order chi connectivity index (χ1) is 23.5. The van der Waals surface area contributed by atoms with Gasteiger partial charge in [0.15, 0.2) is 0 Å². The number of fused-ring (bicyclic) bond motifs is 1. The molecule has 7 nitrogen and oxygen atoms in total. The van der Waals surface area contributed by atoms with Gasteiger partial charge in [-0.15, -0.1) is 0 Å². The molecule has 0 bridgehead atoms. The zero-order chi connectivity index (χ0) is 34.2. The number of hydrogen-bond donors (Lipinski definition) is 2. The smallest absolute Gasteiger partial charge is 0.416 e. The van der Waals surface area contributed by atoms with Gasteiger partial charge in [-0.1, -0.05) is 37.3 Å². The van der Waals surface area contributed by atoms with Crippen molar-refractivity contribution in [3.8, 4) is 0 Å². The molecule has 0 aliphatic carbocycles. The van der Waals surface area contributed by atoms with Crippen molar-refractivity contribution in [3.05, 3.63) is 113 Å². The third-order valence-electron chi connectivity index (χ3n) is 10.8. The number of benzene rings is 2. The molecule has 7 rings (SSSR count). The van der Waals surface area contributed by atoms with E-state index in [1.165, 1.54) is 11.1 Å². The summed E-state index contributed by atoms with van der Waals surface area (Å²) in [7, 11) is 2.33. The second kappa shape index (κ2) is 13.7. The highest BCUT2D eigenvalue weighted by molar-refractivity contribution is 5.94. The number of quaternary nitrogens is 1. The lowest BCUT2D eigenvalue weighted by atomic mass is 9.96. The Morgan fingerprint density at radius 3 is 2.37 bits per heavy atom. The van der Waals surface area contributed by atoms with Crippen molar-refractivity contribution in [2.75, 3.05) is 44.7 Å². The molecule has 49 heavy (non-hydrogen) atoms. The van der Waals surface area contributed by atoms with Crippen LogP contribution >= 0.6 is 0 Å². The maximum atomic E-state index is 13.6. The zero-order valence-corrected chi connectivity index (χ0v) is 28.4. The Morgan fingerprint density at radius 2 is 1.71 bits per heavy atom. The molecule has 5 heterocycles. The number of nitrogens with zero attached hydrogens (tertiary/aromatic N) is 3. The van der Waals surface area contributed by atoms with Crippen LogP contribution in [0.4, 0.5) is 18.9 Å². The van der Waals surface area contributed by atoms with Crippen LogP contribution in [0.2, 0.25) is 0 Å². The van der Waals surface area contributed by atoms with Gasteiger partial charge in [0, 0.05) is 98.4 Å². The topological polar surface area (TPSA) is 66.8 Å². The molecule has 2 atom stereocenters. The minimum absolute atomic E-state index is 0.0201. The van der Waals surface area contributed by atoms with E-state index < -0.39 is 11.7 Å². The molecule has 3 fully saturated rings. The molecule has 0 aromatic heterocycles. The first-order valence-corrected chi connectivity index (χ1v) is 17.7. The highest BCUT2D eigenvalue weighted by Crippen LogP contribution is 2.33. The van der Waals surface area contributed by atoms with Crippen LogP contribution in [-0.2, 0) is 22.3 Å². The molecule has 10 heteroatoms. The zero-order valence-electron chi connectivity index (χ0n) is 28.4. The number of anilines is 1. The quantitative estimate of drug-likeness (QED) is 0.239. The normalized spacial score (nSPS) is 27.4. The third-order valence-corrected chi connectivity index (χ3v) is 10.8. The standard InChI is InChI=1S/C39H46F3N5O2/c1-27-3-10-33-23-35(49-34-13-18-45(19-14-34)32-11-8-30(9-12-32)39(40,41)42)15-20-46(33)25-36(27)38(48)44-31-16-21-47(2,22-17-31)26-28-4-6-29(7-5-28)37-24-43-37/h4-12,15,20,23,25,27,31,34,37,43H,3,13-14,16-19,21-22,24,26H2,1-2H3/p+1. The van der Waals surface area contributed by atoms with E-state index in [0.29, 0.717) is 19.1 Å². The molecule has 0 radical (unpaired) electrons. The molecule has 1 amide bonds. The summed E-state index contributed by atoms with van der Waals surface area (Å²) in [5.74, 6) is 0.882. The molecule has 2 aromatic carbocycles. The molecule has 5 aliphatic rings. The maximum Gasteiger partial charge on any atom is 0.416 e. The number of allylic oxidation sites excluding steroid dienone is 3. The minimum atomic E-state index is -4.33. The largest absolute Gasteiger partial charge is 0.490 e. The Balaban J connectivity index is 0.891. The van der Waals surface area contributed by atoms with Crippen molar-refractivity contribution >= 4 is 11.6 Å². The van der Waals surface area contributed by atoms with E-state index in [1.807, 2.05) is 29.5 Å². The van der Waals surface area contributed by atoms with Gasteiger partial charge >= 0.3 is 6.18 Å². The number of nitrogens with one attached hydrogen (secondary N) is 2. The molecule has 260 valence electrons. The number of carbonyl (C=O) groups is 1.